The highest BCUT2D eigenvalue weighted by molar-refractivity contribution is 5.20. The number of hydrogen-bond donors (Lipinski definition) is 2. The Morgan fingerprint density at radius 3 is 2.70 bits per heavy atom. The Morgan fingerprint density at radius 2 is 2.10 bits per heavy atom. The molecule has 0 spiro atoms. The molecule has 1 aromatic heterocycles. The number of nitrogens with one attached hydrogen (secondary N) is 1. The highest BCUT2D eigenvalue weighted by Gasteiger charge is 2.15. The molecule has 5 nitrogen and oxygen atoms in total. The zero-order valence-corrected chi connectivity index (χ0v) is 11.2. The largest absolute Gasteiger partial charge is 0.387 e. The standard InChI is InChI=1S/C13H16F2N4O/c1-8(13-18-17-7-19(13)2)16-6-12(20)9-3-4-10(14)11(15)5-9/h3-5,7-8,12,16,20H,6H2,1-2H3. The molecule has 2 N–H and O–H groups in total. The lowest BCUT2D eigenvalue weighted by atomic mass is 10.1. The molecular formula is C13H16F2N4O. The molecule has 0 aliphatic rings. The first kappa shape index (κ1) is 14.5. The van der Waals surface area contributed by atoms with Crippen LogP contribution in [0.2, 0.25) is 0 Å². The lowest BCUT2D eigenvalue weighted by Gasteiger charge is -2.17. The lowest BCUT2D eigenvalue weighted by Crippen LogP contribution is -2.26. The molecule has 0 aliphatic heterocycles. The summed E-state index contributed by atoms with van der Waals surface area (Å²) in [6.07, 6.45) is 0.653. The van der Waals surface area contributed by atoms with Crippen LogP contribution in [-0.4, -0.2) is 26.4 Å². The Kier molecular flexibility index (Phi) is 4.41. The van der Waals surface area contributed by atoms with Crippen LogP contribution in [0.15, 0.2) is 24.5 Å². The van der Waals surface area contributed by atoms with Gasteiger partial charge in [-0.1, -0.05) is 6.07 Å². The van der Waals surface area contributed by atoms with Gasteiger partial charge in [0.05, 0.1) is 12.1 Å². The third kappa shape index (κ3) is 3.17. The van der Waals surface area contributed by atoms with Crippen LogP contribution in [0.5, 0.6) is 0 Å². The molecule has 0 bridgehead atoms. The van der Waals surface area contributed by atoms with Crippen molar-refractivity contribution < 1.29 is 13.9 Å². The number of rotatable bonds is 5. The number of aliphatic hydroxyl groups excluding tert-OH is 1. The maximum Gasteiger partial charge on any atom is 0.159 e. The number of hydrogen-bond acceptors (Lipinski definition) is 4. The number of nitrogens with zero attached hydrogens (tertiary/aromatic N) is 3. The Morgan fingerprint density at radius 1 is 1.35 bits per heavy atom. The van der Waals surface area contributed by atoms with E-state index in [0.717, 1.165) is 18.0 Å². The van der Waals surface area contributed by atoms with Gasteiger partial charge in [0.25, 0.3) is 0 Å². The quantitative estimate of drug-likeness (QED) is 0.872. The highest BCUT2D eigenvalue weighted by atomic mass is 19.2. The normalized spacial score (nSPS) is 14.2. The van der Waals surface area contributed by atoms with E-state index in [0.29, 0.717) is 5.56 Å². The number of aliphatic hydroxyl groups is 1. The first-order chi connectivity index (χ1) is 9.49. The van der Waals surface area contributed by atoms with E-state index in [2.05, 4.69) is 15.5 Å². The van der Waals surface area contributed by atoms with Crippen molar-refractivity contribution in [2.75, 3.05) is 6.54 Å². The molecule has 20 heavy (non-hydrogen) atoms. The summed E-state index contributed by atoms with van der Waals surface area (Å²) in [6.45, 7) is 2.07. The van der Waals surface area contributed by atoms with E-state index in [1.807, 2.05) is 14.0 Å². The second kappa shape index (κ2) is 6.06. The zero-order chi connectivity index (χ0) is 14.7. The fourth-order valence-electron chi connectivity index (χ4n) is 1.90. The Hall–Kier alpha value is -1.86. The van der Waals surface area contributed by atoms with Crippen LogP contribution in [0.1, 0.15) is 30.5 Å². The molecule has 2 atom stereocenters. The number of aryl methyl sites for hydroxylation is 1. The van der Waals surface area contributed by atoms with Crippen molar-refractivity contribution in [2.45, 2.75) is 19.1 Å². The second-order valence-electron chi connectivity index (χ2n) is 4.62. The van der Waals surface area contributed by atoms with Crippen LogP contribution in [0.3, 0.4) is 0 Å². The van der Waals surface area contributed by atoms with Crippen LogP contribution in [-0.2, 0) is 7.05 Å². The number of halogens is 2. The molecule has 1 heterocycles. The fourth-order valence-corrected chi connectivity index (χ4v) is 1.90. The van der Waals surface area contributed by atoms with Crippen LogP contribution in [0.25, 0.3) is 0 Å². The molecule has 108 valence electrons. The van der Waals surface area contributed by atoms with E-state index in [1.54, 1.807) is 10.9 Å². The summed E-state index contributed by atoms with van der Waals surface area (Å²) >= 11 is 0. The van der Waals surface area contributed by atoms with Crippen molar-refractivity contribution in [1.29, 1.82) is 0 Å². The minimum atomic E-state index is -0.970. The monoisotopic (exact) mass is 282 g/mol. The van der Waals surface area contributed by atoms with Gasteiger partial charge in [-0.25, -0.2) is 8.78 Å². The number of benzene rings is 1. The summed E-state index contributed by atoms with van der Waals surface area (Å²) in [5, 5.41) is 20.7. The Bertz CT molecular complexity index is 588. The van der Waals surface area contributed by atoms with Gasteiger partial charge in [-0.15, -0.1) is 10.2 Å². The van der Waals surface area contributed by atoms with Gasteiger partial charge in [0.2, 0.25) is 0 Å². The Balaban J connectivity index is 1.96. The summed E-state index contributed by atoms with van der Waals surface area (Å²) in [4.78, 5) is 0. The summed E-state index contributed by atoms with van der Waals surface area (Å²) in [5.41, 5.74) is 0.321. The van der Waals surface area contributed by atoms with E-state index < -0.39 is 17.7 Å². The maximum atomic E-state index is 13.1. The summed E-state index contributed by atoms with van der Waals surface area (Å²) in [7, 11) is 1.82. The van der Waals surface area contributed by atoms with Crippen LogP contribution >= 0.6 is 0 Å². The van der Waals surface area contributed by atoms with E-state index in [-0.39, 0.29) is 12.6 Å². The molecule has 0 radical (unpaired) electrons. The topological polar surface area (TPSA) is 63.0 Å². The minimum Gasteiger partial charge on any atom is -0.387 e. The SMILES string of the molecule is CC(NCC(O)c1ccc(F)c(F)c1)c1nncn1C. The van der Waals surface area contributed by atoms with Crippen molar-refractivity contribution in [2.24, 2.45) is 7.05 Å². The van der Waals surface area contributed by atoms with Gasteiger partial charge in [-0.05, 0) is 24.6 Å². The maximum absolute atomic E-state index is 13.1. The highest BCUT2D eigenvalue weighted by Crippen LogP contribution is 2.17. The molecule has 2 aromatic rings. The smallest absolute Gasteiger partial charge is 0.159 e. The van der Waals surface area contributed by atoms with Gasteiger partial charge in [0.1, 0.15) is 12.2 Å². The lowest BCUT2D eigenvalue weighted by molar-refractivity contribution is 0.169. The van der Waals surface area contributed by atoms with Gasteiger partial charge in [0.15, 0.2) is 11.6 Å². The number of aromatic nitrogens is 3. The second-order valence-corrected chi connectivity index (χ2v) is 4.62. The van der Waals surface area contributed by atoms with Crippen molar-refractivity contribution in [3.8, 4) is 0 Å². The molecule has 0 saturated heterocycles. The minimum absolute atomic E-state index is 0.123. The van der Waals surface area contributed by atoms with Crippen LogP contribution < -0.4 is 5.32 Å². The molecule has 2 rings (SSSR count). The average molecular weight is 282 g/mol. The Labute approximate surface area is 115 Å². The van der Waals surface area contributed by atoms with Crippen LogP contribution in [0.4, 0.5) is 8.78 Å². The average Bonchev–Trinajstić information content (AvgIpc) is 2.85. The molecule has 0 aliphatic carbocycles. The predicted molar refractivity (Wildman–Crippen MR) is 68.7 cm³/mol. The summed E-state index contributed by atoms with van der Waals surface area (Å²) in [5.74, 6) is -1.17. The van der Waals surface area contributed by atoms with Crippen molar-refractivity contribution in [1.82, 2.24) is 20.1 Å². The van der Waals surface area contributed by atoms with Crippen molar-refractivity contribution in [3.63, 3.8) is 0 Å². The third-order valence-corrected chi connectivity index (χ3v) is 3.08. The van der Waals surface area contributed by atoms with Gasteiger partial charge >= 0.3 is 0 Å². The van der Waals surface area contributed by atoms with Gasteiger partial charge in [-0.2, -0.15) is 0 Å². The van der Waals surface area contributed by atoms with E-state index in [9.17, 15) is 13.9 Å². The van der Waals surface area contributed by atoms with E-state index in [4.69, 9.17) is 0 Å². The van der Waals surface area contributed by atoms with Crippen molar-refractivity contribution >= 4 is 0 Å². The summed E-state index contributed by atoms with van der Waals surface area (Å²) < 4.78 is 27.7. The fraction of sp³-hybridized carbons (Fsp3) is 0.385. The molecule has 7 heteroatoms. The molecule has 2 unspecified atom stereocenters. The molecular weight excluding hydrogens is 266 g/mol. The van der Waals surface area contributed by atoms with Gasteiger partial charge < -0.3 is 15.0 Å². The molecule has 1 aromatic carbocycles. The van der Waals surface area contributed by atoms with Gasteiger partial charge in [-0.3, -0.25) is 0 Å². The third-order valence-electron chi connectivity index (χ3n) is 3.08. The first-order valence-electron chi connectivity index (χ1n) is 6.19. The zero-order valence-electron chi connectivity index (χ0n) is 11.2. The van der Waals surface area contributed by atoms with E-state index in [1.165, 1.54) is 6.07 Å². The van der Waals surface area contributed by atoms with Crippen molar-refractivity contribution in [3.05, 3.63) is 47.5 Å². The van der Waals surface area contributed by atoms with Gasteiger partial charge in [0, 0.05) is 13.6 Å². The molecule has 0 saturated carbocycles. The molecule has 0 fully saturated rings. The first-order valence-corrected chi connectivity index (χ1v) is 6.19. The predicted octanol–water partition coefficient (Wildman–Crippen LogP) is 1.48. The molecule has 0 amide bonds. The van der Waals surface area contributed by atoms with E-state index >= 15 is 0 Å². The van der Waals surface area contributed by atoms with Crippen LogP contribution in [0, 0.1) is 11.6 Å². The summed E-state index contributed by atoms with van der Waals surface area (Å²) in [6, 6.07) is 3.23.